The fraction of sp³-hybridized carbons (Fsp3) is 0.517. The number of hydrogen-bond donors (Lipinski definition) is 0. The van der Waals surface area contributed by atoms with E-state index in [1.165, 1.54) is 22.3 Å². The molecule has 1 aromatic carbocycles. The topological polar surface area (TPSA) is 52.6 Å². The summed E-state index contributed by atoms with van der Waals surface area (Å²) in [6.07, 6.45) is 0.924. The number of ether oxygens (including phenoxy) is 2. The summed E-state index contributed by atoms with van der Waals surface area (Å²) in [7, 11) is 0. The largest absolute Gasteiger partial charge is 0.465 e. The van der Waals surface area contributed by atoms with E-state index in [0.717, 1.165) is 10.5 Å². The predicted octanol–water partition coefficient (Wildman–Crippen LogP) is 6.78. The third kappa shape index (κ3) is 3.73. The molecule has 1 unspecified atom stereocenters. The summed E-state index contributed by atoms with van der Waals surface area (Å²) in [5.74, 6) is -1.27. The Hall–Kier alpha value is -2.40. The molecule has 1 heterocycles. The number of fused-ring (bicyclic) bond motifs is 2. The summed E-state index contributed by atoms with van der Waals surface area (Å²) in [5.41, 5.74) is 4.59. The van der Waals surface area contributed by atoms with Gasteiger partial charge in [-0.1, -0.05) is 64.5 Å². The first-order valence-corrected chi connectivity index (χ1v) is 13.1. The van der Waals surface area contributed by atoms with Crippen LogP contribution in [0.3, 0.4) is 0 Å². The highest BCUT2D eigenvalue weighted by Crippen LogP contribution is 2.61. The average Bonchev–Trinajstić information content (AvgIpc) is 3.38. The van der Waals surface area contributed by atoms with E-state index in [0.29, 0.717) is 12.8 Å². The Labute approximate surface area is 207 Å². The third-order valence-electron chi connectivity index (χ3n) is 7.63. The Balaban J connectivity index is 1.93. The van der Waals surface area contributed by atoms with Gasteiger partial charge in [0.25, 0.3) is 0 Å². The highest BCUT2D eigenvalue weighted by Gasteiger charge is 2.61. The van der Waals surface area contributed by atoms with Crippen LogP contribution in [-0.2, 0) is 29.9 Å². The SMILES string of the molecule is CCOC(=O)C1(C(=O)OCC)CC2=C(CC1c1cccs1)c1ccc(C(C)(C)C)cc1C2(C)C. The zero-order valence-corrected chi connectivity index (χ0v) is 22.2. The van der Waals surface area contributed by atoms with Crippen LogP contribution in [0, 0.1) is 5.41 Å². The molecule has 34 heavy (non-hydrogen) atoms. The molecule has 1 atom stereocenters. The summed E-state index contributed by atoms with van der Waals surface area (Å²) in [4.78, 5) is 28.3. The summed E-state index contributed by atoms with van der Waals surface area (Å²) in [6.45, 7) is 15.1. The molecule has 1 aromatic heterocycles. The summed E-state index contributed by atoms with van der Waals surface area (Å²) >= 11 is 1.59. The standard InChI is InChI=1S/C29H36O4S/c1-8-32-25(30)29(26(31)33-9-2)17-23-20(16-22(29)24-11-10-14-34-24)19-13-12-18(27(3,4)5)15-21(19)28(23,6)7/h10-15,22H,8-9,16-17H2,1-7H3. The lowest BCUT2D eigenvalue weighted by Crippen LogP contribution is -2.49. The van der Waals surface area contributed by atoms with Gasteiger partial charge in [-0.25, -0.2) is 0 Å². The van der Waals surface area contributed by atoms with Gasteiger partial charge in [-0.2, -0.15) is 0 Å². The Kier molecular flexibility index (Phi) is 6.30. The van der Waals surface area contributed by atoms with E-state index >= 15 is 0 Å². The van der Waals surface area contributed by atoms with Crippen LogP contribution in [-0.4, -0.2) is 25.2 Å². The van der Waals surface area contributed by atoms with Gasteiger partial charge in [0.15, 0.2) is 5.41 Å². The van der Waals surface area contributed by atoms with Crippen molar-refractivity contribution in [2.75, 3.05) is 13.2 Å². The van der Waals surface area contributed by atoms with Crippen LogP contribution in [0.15, 0.2) is 41.3 Å². The lowest BCUT2D eigenvalue weighted by molar-refractivity contribution is -0.174. The average molecular weight is 481 g/mol. The van der Waals surface area contributed by atoms with Gasteiger partial charge in [0.05, 0.1) is 13.2 Å². The number of carbonyl (C=O) groups is 2. The normalized spacial score (nSPS) is 20.5. The maximum atomic E-state index is 13.7. The zero-order chi connectivity index (χ0) is 24.9. The second-order valence-corrected chi connectivity index (χ2v) is 11.9. The summed E-state index contributed by atoms with van der Waals surface area (Å²) < 4.78 is 11.2. The van der Waals surface area contributed by atoms with Crippen LogP contribution >= 0.6 is 11.3 Å². The van der Waals surface area contributed by atoms with E-state index in [1.807, 2.05) is 17.5 Å². The van der Waals surface area contributed by atoms with Gasteiger partial charge < -0.3 is 9.47 Å². The zero-order valence-electron chi connectivity index (χ0n) is 21.4. The van der Waals surface area contributed by atoms with Gasteiger partial charge in [-0.15, -0.1) is 11.3 Å². The number of esters is 2. The first-order chi connectivity index (χ1) is 16.0. The van der Waals surface area contributed by atoms with Crippen molar-refractivity contribution in [2.45, 2.75) is 78.1 Å². The number of hydrogen-bond acceptors (Lipinski definition) is 5. The Morgan fingerprint density at radius 1 is 1.06 bits per heavy atom. The van der Waals surface area contributed by atoms with Gasteiger partial charge in [-0.3, -0.25) is 9.59 Å². The lowest BCUT2D eigenvalue weighted by Gasteiger charge is -2.42. The molecule has 0 amide bonds. The van der Waals surface area contributed by atoms with Crippen LogP contribution in [0.1, 0.15) is 88.8 Å². The minimum atomic E-state index is -1.39. The van der Waals surface area contributed by atoms with Crippen molar-refractivity contribution in [2.24, 2.45) is 5.41 Å². The maximum Gasteiger partial charge on any atom is 0.324 e. The molecule has 0 fully saturated rings. The van der Waals surface area contributed by atoms with Crippen LogP contribution in [0.5, 0.6) is 0 Å². The molecule has 0 spiro atoms. The second kappa shape index (κ2) is 8.67. The van der Waals surface area contributed by atoms with Crippen molar-refractivity contribution < 1.29 is 19.1 Å². The van der Waals surface area contributed by atoms with E-state index in [4.69, 9.17) is 9.47 Å². The van der Waals surface area contributed by atoms with Crippen LogP contribution in [0.2, 0.25) is 0 Å². The fourth-order valence-electron chi connectivity index (χ4n) is 5.70. The number of rotatable bonds is 5. The number of benzene rings is 1. The van der Waals surface area contributed by atoms with E-state index in [-0.39, 0.29) is 30.0 Å². The van der Waals surface area contributed by atoms with Gasteiger partial charge in [-0.05, 0) is 65.8 Å². The van der Waals surface area contributed by atoms with E-state index in [2.05, 4.69) is 52.8 Å². The van der Waals surface area contributed by atoms with E-state index < -0.39 is 17.4 Å². The molecule has 0 bridgehead atoms. The Morgan fingerprint density at radius 3 is 2.24 bits per heavy atom. The molecule has 4 rings (SSSR count). The highest BCUT2D eigenvalue weighted by molar-refractivity contribution is 7.10. The van der Waals surface area contributed by atoms with Gasteiger partial charge >= 0.3 is 11.9 Å². The molecule has 0 saturated carbocycles. The predicted molar refractivity (Wildman–Crippen MR) is 137 cm³/mol. The van der Waals surface area contributed by atoms with E-state index in [1.54, 1.807) is 25.2 Å². The van der Waals surface area contributed by atoms with Crippen LogP contribution in [0.4, 0.5) is 0 Å². The van der Waals surface area contributed by atoms with Crippen molar-refractivity contribution >= 4 is 28.8 Å². The molecule has 2 aliphatic carbocycles. The first kappa shape index (κ1) is 24.7. The molecule has 0 aliphatic heterocycles. The molecule has 2 aliphatic rings. The highest BCUT2D eigenvalue weighted by atomic mass is 32.1. The summed E-state index contributed by atoms with van der Waals surface area (Å²) in [5, 5.41) is 2.00. The van der Waals surface area contributed by atoms with Crippen molar-refractivity contribution in [3.05, 3.63) is 62.9 Å². The van der Waals surface area contributed by atoms with E-state index in [9.17, 15) is 9.59 Å². The molecule has 0 saturated heterocycles. The van der Waals surface area contributed by atoms with Gasteiger partial charge in [0, 0.05) is 16.2 Å². The minimum absolute atomic E-state index is 0.0351. The Bertz CT molecular complexity index is 1110. The van der Waals surface area contributed by atoms with Crippen LogP contribution in [0.25, 0.3) is 5.57 Å². The number of carbonyl (C=O) groups excluding carboxylic acids is 2. The molecule has 182 valence electrons. The molecular formula is C29H36O4S. The third-order valence-corrected chi connectivity index (χ3v) is 8.61. The quantitative estimate of drug-likeness (QED) is 0.350. The number of allylic oxidation sites excluding steroid dienone is 2. The first-order valence-electron chi connectivity index (χ1n) is 12.2. The molecule has 0 radical (unpaired) electrons. The minimum Gasteiger partial charge on any atom is -0.465 e. The molecule has 2 aromatic rings. The monoisotopic (exact) mass is 480 g/mol. The van der Waals surface area contributed by atoms with Crippen molar-refractivity contribution in [1.29, 1.82) is 0 Å². The Morgan fingerprint density at radius 2 is 1.71 bits per heavy atom. The van der Waals surface area contributed by atoms with Crippen LogP contribution < -0.4 is 0 Å². The molecule has 5 heteroatoms. The lowest BCUT2D eigenvalue weighted by atomic mass is 9.61. The van der Waals surface area contributed by atoms with Gasteiger partial charge in [0.1, 0.15) is 0 Å². The maximum absolute atomic E-state index is 13.7. The number of thiophene rings is 1. The van der Waals surface area contributed by atoms with Crippen molar-refractivity contribution in [3.8, 4) is 0 Å². The molecule has 0 N–H and O–H groups in total. The fourth-order valence-corrected chi connectivity index (χ4v) is 6.62. The summed E-state index contributed by atoms with van der Waals surface area (Å²) in [6, 6.07) is 10.8. The van der Waals surface area contributed by atoms with Crippen molar-refractivity contribution in [3.63, 3.8) is 0 Å². The van der Waals surface area contributed by atoms with Gasteiger partial charge in [0.2, 0.25) is 0 Å². The van der Waals surface area contributed by atoms with Crippen molar-refractivity contribution in [1.82, 2.24) is 0 Å². The molecule has 4 nitrogen and oxygen atoms in total. The second-order valence-electron chi connectivity index (χ2n) is 11.0. The molecular weight excluding hydrogens is 444 g/mol. The smallest absolute Gasteiger partial charge is 0.324 e.